The molecule has 0 spiro atoms. The summed E-state index contributed by atoms with van der Waals surface area (Å²) in [5.41, 5.74) is 3.68. The molecule has 0 aliphatic heterocycles. The molecule has 4 heteroatoms. The largest absolute Gasteiger partial charge is 0.481 e. The van der Waals surface area contributed by atoms with Crippen LogP contribution in [0, 0.1) is 26.7 Å². The molecule has 1 N–H and O–H groups in total. The van der Waals surface area contributed by atoms with Gasteiger partial charge in [-0.2, -0.15) is 0 Å². The minimum absolute atomic E-state index is 0.112. The van der Waals surface area contributed by atoms with E-state index >= 15 is 0 Å². The second kappa shape index (κ2) is 6.95. The Morgan fingerprint density at radius 2 is 1.64 bits per heavy atom. The van der Waals surface area contributed by atoms with Crippen LogP contribution in [0.1, 0.15) is 49.4 Å². The Bertz CT molecular complexity index is 544. The van der Waals surface area contributed by atoms with Gasteiger partial charge in [0.1, 0.15) is 5.60 Å². The summed E-state index contributed by atoms with van der Waals surface area (Å²) in [5, 5.41) is 9.41. The van der Waals surface area contributed by atoms with E-state index < -0.39 is 23.5 Å². The Balaban J connectivity index is 2.90. The van der Waals surface area contributed by atoms with E-state index in [0.717, 1.165) is 22.3 Å². The summed E-state index contributed by atoms with van der Waals surface area (Å²) in [6.07, 6.45) is 0.228. The van der Waals surface area contributed by atoms with Crippen LogP contribution in [0.4, 0.5) is 0 Å². The lowest BCUT2D eigenvalue weighted by molar-refractivity contribution is -0.159. The van der Waals surface area contributed by atoms with Crippen LogP contribution in [-0.2, 0) is 20.7 Å². The van der Waals surface area contributed by atoms with E-state index in [1.165, 1.54) is 0 Å². The number of hydrogen-bond donors (Lipinski definition) is 1. The molecule has 0 radical (unpaired) electrons. The zero-order valence-corrected chi connectivity index (χ0v) is 14.3. The predicted octanol–water partition coefficient (Wildman–Crippen LogP) is 3.59. The number of esters is 1. The summed E-state index contributed by atoms with van der Waals surface area (Å²) in [7, 11) is 0. The standard InChI is InChI=1S/C18H26O4/c1-11-7-12(2)15(13(3)8-11)9-14(17(20)21)10-16(19)22-18(4,5)6/h7-8,14H,9-10H2,1-6H3,(H,20,21)/t14-/m1/s1. The van der Waals surface area contributed by atoms with Gasteiger partial charge < -0.3 is 9.84 Å². The number of aliphatic carboxylic acids is 1. The molecule has 22 heavy (non-hydrogen) atoms. The van der Waals surface area contributed by atoms with Gasteiger partial charge in [0, 0.05) is 0 Å². The van der Waals surface area contributed by atoms with Gasteiger partial charge in [-0.05, 0) is 64.7 Å². The van der Waals surface area contributed by atoms with Crippen molar-refractivity contribution in [2.24, 2.45) is 5.92 Å². The van der Waals surface area contributed by atoms with Gasteiger partial charge in [0.25, 0.3) is 0 Å². The Kier molecular flexibility index (Phi) is 5.75. The van der Waals surface area contributed by atoms with E-state index in [2.05, 4.69) is 0 Å². The lowest BCUT2D eigenvalue weighted by Crippen LogP contribution is -2.28. The van der Waals surface area contributed by atoms with Crippen LogP contribution in [0.2, 0.25) is 0 Å². The fourth-order valence-corrected chi connectivity index (χ4v) is 2.61. The number of carbonyl (C=O) groups excluding carboxylic acids is 1. The molecule has 1 aromatic carbocycles. The zero-order valence-electron chi connectivity index (χ0n) is 14.3. The van der Waals surface area contributed by atoms with Crippen LogP contribution < -0.4 is 0 Å². The molecule has 122 valence electrons. The van der Waals surface area contributed by atoms with Crippen molar-refractivity contribution < 1.29 is 19.4 Å². The molecule has 0 aliphatic rings. The third kappa shape index (κ3) is 5.51. The van der Waals surface area contributed by atoms with Gasteiger partial charge in [-0.1, -0.05) is 17.7 Å². The van der Waals surface area contributed by atoms with E-state index in [9.17, 15) is 14.7 Å². The van der Waals surface area contributed by atoms with Gasteiger partial charge in [0.05, 0.1) is 12.3 Å². The van der Waals surface area contributed by atoms with Crippen molar-refractivity contribution in [3.8, 4) is 0 Å². The van der Waals surface area contributed by atoms with Crippen LogP contribution >= 0.6 is 0 Å². The van der Waals surface area contributed by atoms with Crippen molar-refractivity contribution in [2.45, 2.75) is 60.0 Å². The Labute approximate surface area is 132 Å². The van der Waals surface area contributed by atoms with Gasteiger partial charge >= 0.3 is 11.9 Å². The van der Waals surface area contributed by atoms with Crippen LogP contribution in [-0.4, -0.2) is 22.6 Å². The average Bonchev–Trinajstić information content (AvgIpc) is 2.29. The summed E-state index contributed by atoms with van der Waals surface area (Å²) in [4.78, 5) is 23.4. The highest BCUT2D eigenvalue weighted by molar-refractivity contribution is 5.79. The van der Waals surface area contributed by atoms with Crippen molar-refractivity contribution >= 4 is 11.9 Å². The van der Waals surface area contributed by atoms with Gasteiger partial charge in [-0.3, -0.25) is 9.59 Å². The number of carboxylic acids is 1. The summed E-state index contributed by atoms with van der Waals surface area (Å²) >= 11 is 0. The molecule has 1 rings (SSSR count). The number of benzene rings is 1. The zero-order chi connectivity index (χ0) is 17.1. The molecule has 0 amide bonds. The van der Waals surface area contributed by atoms with Crippen LogP contribution in [0.3, 0.4) is 0 Å². The molecule has 0 unspecified atom stereocenters. The summed E-state index contributed by atoms with van der Waals surface area (Å²) < 4.78 is 5.23. The number of hydrogen-bond acceptors (Lipinski definition) is 3. The smallest absolute Gasteiger partial charge is 0.307 e. The normalized spacial score (nSPS) is 12.8. The average molecular weight is 306 g/mol. The van der Waals surface area contributed by atoms with Gasteiger partial charge in [-0.25, -0.2) is 0 Å². The topological polar surface area (TPSA) is 63.6 Å². The fourth-order valence-electron chi connectivity index (χ4n) is 2.61. The number of aryl methyl sites for hydroxylation is 3. The third-order valence-corrected chi connectivity index (χ3v) is 3.47. The highest BCUT2D eigenvalue weighted by Gasteiger charge is 2.26. The highest BCUT2D eigenvalue weighted by atomic mass is 16.6. The van der Waals surface area contributed by atoms with Crippen molar-refractivity contribution in [1.82, 2.24) is 0 Å². The van der Waals surface area contributed by atoms with Crippen molar-refractivity contribution in [2.75, 3.05) is 0 Å². The Morgan fingerprint density at radius 1 is 1.14 bits per heavy atom. The van der Waals surface area contributed by atoms with Crippen LogP contribution in [0.25, 0.3) is 0 Å². The molecule has 4 nitrogen and oxygen atoms in total. The van der Waals surface area contributed by atoms with Crippen molar-refractivity contribution in [1.29, 1.82) is 0 Å². The first-order valence-corrected chi connectivity index (χ1v) is 7.51. The molecule has 0 fully saturated rings. The maximum atomic E-state index is 11.9. The lowest BCUT2D eigenvalue weighted by atomic mass is 9.89. The van der Waals surface area contributed by atoms with Gasteiger partial charge in [0.2, 0.25) is 0 Å². The van der Waals surface area contributed by atoms with E-state index in [1.54, 1.807) is 20.8 Å². The SMILES string of the molecule is Cc1cc(C)c(C[C@H](CC(=O)OC(C)(C)C)C(=O)O)c(C)c1. The number of ether oxygens (including phenoxy) is 1. The molecular weight excluding hydrogens is 280 g/mol. The lowest BCUT2D eigenvalue weighted by Gasteiger charge is -2.21. The molecule has 0 aromatic heterocycles. The molecule has 0 heterocycles. The molecule has 0 bridgehead atoms. The minimum Gasteiger partial charge on any atom is -0.481 e. The van der Waals surface area contributed by atoms with Crippen LogP contribution in [0.15, 0.2) is 12.1 Å². The Morgan fingerprint density at radius 3 is 2.05 bits per heavy atom. The molecule has 1 atom stereocenters. The monoisotopic (exact) mass is 306 g/mol. The predicted molar refractivity (Wildman–Crippen MR) is 85.9 cm³/mol. The van der Waals surface area contributed by atoms with E-state index in [4.69, 9.17) is 4.74 Å². The fraction of sp³-hybridized carbons (Fsp3) is 0.556. The maximum Gasteiger partial charge on any atom is 0.307 e. The first-order valence-electron chi connectivity index (χ1n) is 7.51. The number of carboxylic acid groups (broad SMARTS) is 1. The minimum atomic E-state index is -0.967. The summed E-state index contributed by atoms with van der Waals surface area (Å²) in [6, 6.07) is 4.07. The molecule has 0 saturated carbocycles. The summed E-state index contributed by atoms with van der Waals surface area (Å²) in [5.74, 6) is -2.21. The van der Waals surface area contributed by atoms with E-state index in [0.29, 0.717) is 6.42 Å². The van der Waals surface area contributed by atoms with Crippen molar-refractivity contribution in [3.63, 3.8) is 0 Å². The molecule has 0 aliphatic carbocycles. The van der Waals surface area contributed by atoms with E-state index in [1.807, 2.05) is 32.9 Å². The van der Waals surface area contributed by atoms with Gasteiger partial charge in [0.15, 0.2) is 0 Å². The first kappa shape index (κ1) is 18.2. The molecular formula is C18H26O4. The highest BCUT2D eigenvalue weighted by Crippen LogP contribution is 2.23. The Hall–Kier alpha value is -1.84. The second-order valence-corrected chi connectivity index (χ2v) is 6.91. The number of carbonyl (C=O) groups is 2. The quantitative estimate of drug-likeness (QED) is 0.844. The number of rotatable bonds is 5. The summed E-state index contributed by atoms with van der Waals surface area (Å²) in [6.45, 7) is 11.3. The van der Waals surface area contributed by atoms with Crippen molar-refractivity contribution in [3.05, 3.63) is 34.4 Å². The molecule has 1 aromatic rings. The van der Waals surface area contributed by atoms with E-state index in [-0.39, 0.29) is 6.42 Å². The maximum absolute atomic E-state index is 11.9. The second-order valence-electron chi connectivity index (χ2n) is 6.91. The third-order valence-electron chi connectivity index (χ3n) is 3.47. The first-order chi connectivity index (χ1) is 9.99. The van der Waals surface area contributed by atoms with Gasteiger partial charge in [-0.15, -0.1) is 0 Å². The molecule has 0 saturated heterocycles. The van der Waals surface area contributed by atoms with Crippen LogP contribution in [0.5, 0.6) is 0 Å².